The van der Waals surface area contributed by atoms with Gasteiger partial charge >= 0.3 is 12.1 Å². The summed E-state index contributed by atoms with van der Waals surface area (Å²) in [4.78, 5) is 64.1. The molecule has 37 heavy (non-hydrogen) atoms. The molecule has 0 heterocycles. The number of hydrogen-bond acceptors (Lipinski definition) is 7. The number of alkyl carbamates (subject to hydrolysis) is 1. The van der Waals surface area contributed by atoms with Gasteiger partial charge in [-0.15, -0.1) is 0 Å². The molecule has 1 aromatic carbocycles. The summed E-state index contributed by atoms with van der Waals surface area (Å²) in [7, 11) is 1.20. The van der Waals surface area contributed by atoms with E-state index in [0.717, 1.165) is 12.0 Å². The molecule has 206 valence electrons. The second-order valence-electron chi connectivity index (χ2n) is 9.53. The molecule has 0 spiro atoms. The zero-order chi connectivity index (χ0) is 28.2. The van der Waals surface area contributed by atoms with Gasteiger partial charge in [0.25, 0.3) is 0 Å². The number of nitrogens with zero attached hydrogens (tertiary/aromatic N) is 1. The summed E-state index contributed by atoms with van der Waals surface area (Å²) in [6.07, 6.45) is 0.182. The van der Waals surface area contributed by atoms with Crippen molar-refractivity contribution in [2.24, 2.45) is 5.73 Å². The van der Waals surface area contributed by atoms with Crippen molar-refractivity contribution < 1.29 is 33.4 Å². The van der Waals surface area contributed by atoms with E-state index in [-0.39, 0.29) is 25.9 Å². The molecule has 2 unspecified atom stereocenters. The Morgan fingerprint density at radius 1 is 1.05 bits per heavy atom. The number of ether oxygens (including phenoxy) is 2. The highest BCUT2D eigenvalue weighted by molar-refractivity contribution is 5.93. The number of primary amides is 1. The van der Waals surface area contributed by atoms with Gasteiger partial charge in [0.15, 0.2) is 0 Å². The Morgan fingerprint density at radius 2 is 1.68 bits per heavy atom. The van der Waals surface area contributed by atoms with Crippen molar-refractivity contribution in [2.75, 3.05) is 20.2 Å². The minimum atomic E-state index is -1.18. The van der Waals surface area contributed by atoms with Gasteiger partial charge in [0, 0.05) is 13.0 Å². The Balaban J connectivity index is 3.43. The largest absolute Gasteiger partial charge is 0.468 e. The summed E-state index contributed by atoms with van der Waals surface area (Å²) < 4.78 is 9.90. The van der Waals surface area contributed by atoms with Crippen molar-refractivity contribution in [2.45, 2.75) is 78.0 Å². The molecule has 0 saturated heterocycles. The first-order valence-electron chi connectivity index (χ1n) is 12.3. The molecule has 0 aliphatic rings. The topological polar surface area (TPSA) is 157 Å². The highest BCUT2D eigenvalue weighted by Gasteiger charge is 2.36. The van der Waals surface area contributed by atoms with Crippen LogP contribution in [0.5, 0.6) is 0 Å². The van der Waals surface area contributed by atoms with Gasteiger partial charge in [-0.1, -0.05) is 38.1 Å². The van der Waals surface area contributed by atoms with Crippen LogP contribution in [0.15, 0.2) is 24.3 Å². The van der Waals surface area contributed by atoms with Crippen LogP contribution in [0.1, 0.15) is 71.0 Å². The van der Waals surface area contributed by atoms with E-state index in [9.17, 15) is 24.0 Å². The van der Waals surface area contributed by atoms with E-state index in [1.54, 1.807) is 32.9 Å². The van der Waals surface area contributed by atoms with Crippen LogP contribution in [0.25, 0.3) is 0 Å². The first-order valence-corrected chi connectivity index (χ1v) is 12.3. The molecule has 0 aliphatic heterocycles. The number of rotatable bonds is 13. The molecule has 4 amide bonds. The third-order valence-electron chi connectivity index (χ3n) is 5.31. The van der Waals surface area contributed by atoms with Gasteiger partial charge in [0.05, 0.1) is 7.11 Å². The van der Waals surface area contributed by atoms with Gasteiger partial charge in [-0.05, 0) is 51.2 Å². The third kappa shape index (κ3) is 10.9. The second kappa shape index (κ2) is 14.8. The molecule has 1 aromatic rings. The van der Waals surface area contributed by atoms with E-state index in [1.807, 2.05) is 26.0 Å². The zero-order valence-electron chi connectivity index (χ0n) is 22.6. The predicted octanol–water partition coefficient (Wildman–Crippen LogP) is 1.98. The number of nitrogens with two attached hydrogens (primary N) is 1. The van der Waals surface area contributed by atoms with Gasteiger partial charge in [-0.25, -0.2) is 4.79 Å². The molecule has 2 atom stereocenters. The minimum Gasteiger partial charge on any atom is -0.468 e. The fourth-order valence-corrected chi connectivity index (χ4v) is 3.54. The van der Waals surface area contributed by atoms with E-state index in [0.29, 0.717) is 12.0 Å². The number of carbonyl (C=O) groups is 5. The summed E-state index contributed by atoms with van der Waals surface area (Å²) in [5, 5.41) is 5.05. The Kier molecular flexibility index (Phi) is 12.6. The maximum absolute atomic E-state index is 13.8. The lowest BCUT2D eigenvalue weighted by atomic mass is 9.99. The molecule has 0 aromatic heterocycles. The fraction of sp³-hybridized carbons (Fsp3) is 0.577. The quantitative estimate of drug-likeness (QED) is 0.336. The second-order valence-corrected chi connectivity index (χ2v) is 9.53. The van der Waals surface area contributed by atoms with Gasteiger partial charge in [-0.3, -0.25) is 19.2 Å². The van der Waals surface area contributed by atoms with Crippen LogP contribution < -0.4 is 16.4 Å². The summed E-state index contributed by atoms with van der Waals surface area (Å²) in [6, 6.07) is 4.91. The van der Waals surface area contributed by atoms with Crippen molar-refractivity contribution in [3.8, 4) is 0 Å². The Hall–Kier alpha value is -3.63. The number of benzene rings is 1. The predicted molar refractivity (Wildman–Crippen MR) is 137 cm³/mol. The van der Waals surface area contributed by atoms with Gasteiger partial charge in [0.1, 0.15) is 24.2 Å². The summed E-state index contributed by atoms with van der Waals surface area (Å²) in [6.45, 7) is 8.65. The molecule has 1 rings (SSSR count). The monoisotopic (exact) mass is 520 g/mol. The van der Waals surface area contributed by atoms with E-state index in [1.165, 1.54) is 12.0 Å². The average Bonchev–Trinajstić information content (AvgIpc) is 2.83. The van der Waals surface area contributed by atoms with Crippen LogP contribution in [-0.2, 0) is 35.1 Å². The molecule has 0 radical (unpaired) electrons. The number of amides is 4. The minimum absolute atomic E-state index is 0.0844. The first kappa shape index (κ1) is 31.4. The smallest absolute Gasteiger partial charge is 0.408 e. The lowest BCUT2D eigenvalue weighted by Crippen LogP contribution is -2.53. The van der Waals surface area contributed by atoms with Crippen LogP contribution in [0.3, 0.4) is 0 Å². The molecule has 0 aliphatic carbocycles. The Labute approximate surface area is 218 Å². The van der Waals surface area contributed by atoms with E-state index >= 15 is 0 Å². The van der Waals surface area contributed by atoms with E-state index in [4.69, 9.17) is 10.5 Å². The fourth-order valence-electron chi connectivity index (χ4n) is 3.54. The van der Waals surface area contributed by atoms with Crippen molar-refractivity contribution in [1.82, 2.24) is 15.5 Å². The summed E-state index contributed by atoms with van der Waals surface area (Å²) in [5.41, 5.74) is 6.04. The van der Waals surface area contributed by atoms with Crippen LogP contribution in [0.2, 0.25) is 0 Å². The molecule has 11 heteroatoms. The highest BCUT2D eigenvalue weighted by Crippen LogP contribution is 2.24. The van der Waals surface area contributed by atoms with E-state index < -0.39 is 47.5 Å². The molecule has 0 bridgehead atoms. The number of esters is 1. The number of aryl methyl sites for hydroxylation is 1. The van der Waals surface area contributed by atoms with Crippen molar-refractivity contribution in [3.63, 3.8) is 0 Å². The highest BCUT2D eigenvalue weighted by atomic mass is 16.6. The lowest BCUT2D eigenvalue weighted by molar-refractivity contribution is -0.144. The number of methoxy groups -OCH3 is 1. The van der Waals surface area contributed by atoms with E-state index in [2.05, 4.69) is 15.4 Å². The normalized spacial score (nSPS) is 12.6. The molecular formula is C26H40N4O7. The Bertz CT molecular complexity index is 941. The van der Waals surface area contributed by atoms with Gasteiger partial charge in [-0.2, -0.15) is 0 Å². The molecule has 0 saturated carbocycles. The molecule has 0 fully saturated rings. The zero-order valence-corrected chi connectivity index (χ0v) is 22.6. The molecular weight excluding hydrogens is 480 g/mol. The molecule has 4 N–H and O–H groups in total. The summed E-state index contributed by atoms with van der Waals surface area (Å²) in [5.74, 6) is -2.48. The third-order valence-corrected chi connectivity index (χ3v) is 5.31. The summed E-state index contributed by atoms with van der Waals surface area (Å²) >= 11 is 0. The first-order chi connectivity index (χ1) is 17.3. The average molecular weight is 521 g/mol. The SMILES string of the molecule is CCCN(C(=O)C(CCC(N)=O)NC(=O)OC(C)(C)C)C(C(=O)NCC(=O)OC)c1ccc(CC)cc1. The van der Waals surface area contributed by atoms with Gasteiger partial charge in [0.2, 0.25) is 17.7 Å². The number of nitrogens with one attached hydrogen (secondary N) is 2. The van der Waals surface area contributed by atoms with Crippen LogP contribution in [0, 0.1) is 0 Å². The van der Waals surface area contributed by atoms with Crippen molar-refractivity contribution >= 4 is 29.8 Å². The van der Waals surface area contributed by atoms with Crippen molar-refractivity contribution in [1.29, 1.82) is 0 Å². The maximum atomic E-state index is 13.8. The van der Waals surface area contributed by atoms with Crippen molar-refractivity contribution in [3.05, 3.63) is 35.4 Å². The van der Waals surface area contributed by atoms with Crippen LogP contribution in [-0.4, -0.2) is 66.5 Å². The standard InChI is InChI=1S/C26H40N4O7/c1-7-15-30(24(34)19(13-14-20(27)31)29-25(35)37-26(3,4)5)22(23(33)28-16-21(32)36-6)18-11-9-17(8-2)10-12-18/h9-12,19,22H,7-8,13-16H2,1-6H3,(H2,27,31)(H,28,33)(H,29,35). The van der Waals surface area contributed by atoms with Crippen LogP contribution in [0.4, 0.5) is 4.79 Å². The van der Waals surface area contributed by atoms with Gasteiger partial charge < -0.3 is 30.7 Å². The Morgan fingerprint density at radius 3 is 2.16 bits per heavy atom. The molecule has 11 nitrogen and oxygen atoms in total. The number of hydrogen-bond donors (Lipinski definition) is 3. The lowest BCUT2D eigenvalue weighted by Gasteiger charge is -2.34. The number of carbonyl (C=O) groups excluding carboxylic acids is 5. The maximum Gasteiger partial charge on any atom is 0.408 e. The van der Waals surface area contributed by atoms with Crippen LogP contribution >= 0.6 is 0 Å².